The van der Waals surface area contributed by atoms with E-state index in [-0.39, 0.29) is 36.4 Å². The lowest BCUT2D eigenvalue weighted by molar-refractivity contribution is -0.161. The fourth-order valence-electron chi connectivity index (χ4n) is 7.93. The summed E-state index contributed by atoms with van der Waals surface area (Å²) in [5, 5.41) is 12.5. The van der Waals surface area contributed by atoms with Crippen LogP contribution >= 0.6 is 11.6 Å². The van der Waals surface area contributed by atoms with E-state index < -0.39 is 24.4 Å². The van der Waals surface area contributed by atoms with Crippen molar-refractivity contribution < 1.29 is 32.5 Å². The van der Waals surface area contributed by atoms with E-state index in [0.717, 1.165) is 16.7 Å². The first-order valence-electron chi connectivity index (χ1n) is 16.3. The van der Waals surface area contributed by atoms with Gasteiger partial charge in [0.15, 0.2) is 11.5 Å². The highest BCUT2D eigenvalue weighted by molar-refractivity contribution is 6.31. The van der Waals surface area contributed by atoms with E-state index in [9.17, 15) is 23.1 Å². The van der Waals surface area contributed by atoms with Gasteiger partial charge in [0.25, 0.3) is 0 Å². The number of amides is 1. The van der Waals surface area contributed by atoms with E-state index in [1.54, 1.807) is 23.8 Å². The van der Waals surface area contributed by atoms with Crippen molar-refractivity contribution in [3.8, 4) is 11.5 Å². The lowest BCUT2D eigenvalue weighted by atomic mass is 9.75. The number of hydrogen-bond donors (Lipinski definition) is 1. The average molecular weight is 671 g/mol. The molecule has 4 unspecified atom stereocenters. The van der Waals surface area contributed by atoms with Crippen molar-refractivity contribution in [2.45, 2.75) is 95.3 Å². The molecule has 1 amide bonds. The number of aliphatic hydroxyl groups is 1. The van der Waals surface area contributed by atoms with Gasteiger partial charge in [-0.3, -0.25) is 9.69 Å². The van der Waals surface area contributed by atoms with Crippen LogP contribution in [-0.4, -0.2) is 53.9 Å². The molecule has 4 atom stereocenters. The summed E-state index contributed by atoms with van der Waals surface area (Å²) in [6.07, 6.45) is 6.50. The Bertz CT molecular complexity index is 1580. The molecule has 3 aliphatic heterocycles. The molecule has 2 aromatic carbocycles. The Morgan fingerprint density at radius 1 is 1.04 bits per heavy atom. The van der Waals surface area contributed by atoms with Gasteiger partial charge in [-0.05, 0) is 117 Å². The Morgan fingerprint density at radius 3 is 2.34 bits per heavy atom. The van der Waals surface area contributed by atoms with Crippen LogP contribution in [0.1, 0.15) is 75.6 Å². The van der Waals surface area contributed by atoms with Crippen LogP contribution in [0.15, 0.2) is 71.3 Å². The Kier molecular flexibility index (Phi) is 9.28. The molecule has 3 heterocycles. The number of hydrogen-bond acceptors (Lipinski definition) is 5. The summed E-state index contributed by atoms with van der Waals surface area (Å²) in [7, 11) is 1.59. The third-order valence-electron chi connectivity index (χ3n) is 10.2. The van der Waals surface area contributed by atoms with E-state index >= 15 is 0 Å². The van der Waals surface area contributed by atoms with Gasteiger partial charge in [-0.2, -0.15) is 13.2 Å². The molecule has 2 bridgehead atoms. The van der Waals surface area contributed by atoms with Crippen molar-refractivity contribution in [2.24, 2.45) is 5.92 Å². The molecule has 47 heavy (non-hydrogen) atoms. The number of piperidine rings is 1. The lowest BCUT2D eigenvalue weighted by Gasteiger charge is -2.44. The highest BCUT2D eigenvalue weighted by atomic mass is 35.5. The highest BCUT2D eigenvalue weighted by Crippen LogP contribution is 2.48. The molecule has 2 aromatic rings. The summed E-state index contributed by atoms with van der Waals surface area (Å²) < 4.78 is 51.5. The van der Waals surface area contributed by atoms with Crippen LogP contribution in [0.4, 0.5) is 18.9 Å². The number of anilines is 1. The van der Waals surface area contributed by atoms with E-state index in [2.05, 4.69) is 0 Å². The molecule has 0 spiro atoms. The van der Waals surface area contributed by atoms with Crippen molar-refractivity contribution in [3.05, 3.63) is 88.0 Å². The van der Waals surface area contributed by atoms with Gasteiger partial charge >= 0.3 is 6.18 Å². The van der Waals surface area contributed by atoms with E-state index in [4.69, 9.17) is 21.1 Å². The largest absolute Gasteiger partial charge is 0.493 e. The highest BCUT2D eigenvalue weighted by Gasteiger charge is 2.49. The first-order chi connectivity index (χ1) is 22.2. The van der Waals surface area contributed by atoms with Crippen LogP contribution in [0.25, 0.3) is 0 Å². The molecule has 4 aliphatic rings. The second-order valence-electron chi connectivity index (χ2n) is 13.6. The molecular formula is C37H42ClF3N2O4. The molecule has 2 saturated heterocycles. The zero-order valence-electron chi connectivity index (χ0n) is 27.2. The fraction of sp³-hybridized carbons (Fsp3) is 0.486. The summed E-state index contributed by atoms with van der Waals surface area (Å²) in [5.41, 5.74) is 2.89. The molecule has 6 rings (SSSR count). The second kappa shape index (κ2) is 13.0. The predicted molar refractivity (Wildman–Crippen MR) is 177 cm³/mol. The quantitative estimate of drug-likeness (QED) is 0.307. The number of nitrogens with zero attached hydrogens (tertiary/aromatic N) is 2. The minimum Gasteiger partial charge on any atom is -0.493 e. The number of carbonyl (C=O) groups is 1. The number of ether oxygens (including phenoxy) is 2. The molecule has 2 fully saturated rings. The monoisotopic (exact) mass is 670 g/mol. The maximum atomic E-state index is 14.0. The normalized spacial score (nSPS) is 26.0. The second-order valence-corrected chi connectivity index (χ2v) is 14.1. The van der Waals surface area contributed by atoms with Crippen LogP contribution in [0, 0.1) is 5.92 Å². The van der Waals surface area contributed by atoms with Crippen LogP contribution in [0.3, 0.4) is 0 Å². The first kappa shape index (κ1) is 33.6. The maximum Gasteiger partial charge on any atom is 0.401 e. The fourth-order valence-corrected chi connectivity index (χ4v) is 8.09. The first-order valence-corrected chi connectivity index (χ1v) is 16.7. The predicted octanol–water partition coefficient (Wildman–Crippen LogP) is 8.13. The van der Waals surface area contributed by atoms with E-state index in [1.165, 1.54) is 0 Å². The van der Waals surface area contributed by atoms with Crippen LogP contribution in [0.2, 0.25) is 0 Å². The van der Waals surface area contributed by atoms with Gasteiger partial charge in [0.05, 0.1) is 37.8 Å². The molecule has 0 aromatic heterocycles. The summed E-state index contributed by atoms with van der Waals surface area (Å²) in [6.45, 7) is 4.76. The summed E-state index contributed by atoms with van der Waals surface area (Å²) >= 11 is 6.35. The van der Waals surface area contributed by atoms with Crippen LogP contribution in [0.5, 0.6) is 11.5 Å². The van der Waals surface area contributed by atoms with Crippen molar-refractivity contribution >= 4 is 23.2 Å². The topological polar surface area (TPSA) is 62.2 Å². The van der Waals surface area contributed by atoms with Gasteiger partial charge in [-0.15, -0.1) is 0 Å². The zero-order chi connectivity index (χ0) is 33.7. The Labute approximate surface area is 279 Å². The molecule has 252 valence electrons. The number of rotatable bonds is 8. The average Bonchev–Trinajstić information content (AvgIpc) is 3.16. The van der Waals surface area contributed by atoms with Gasteiger partial charge < -0.3 is 19.5 Å². The lowest BCUT2D eigenvalue weighted by Crippen LogP contribution is -2.50. The molecular weight excluding hydrogens is 629 g/mol. The summed E-state index contributed by atoms with van der Waals surface area (Å²) in [5.74, 6) is 0.903. The minimum atomic E-state index is -4.24. The number of fused-ring (bicyclic) bond motifs is 3. The summed E-state index contributed by atoms with van der Waals surface area (Å²) in [4.78, 5) is 17.4. The third kappa shape index (κ3) is 6.85. The van der Waals surface area contributed by atoms with Gasteiger partial charge in [0.1, 0.15) is 0 Å². The number of carbonyl (C=O) groups excluding carboxylic acids is 1. The number of methoxy groups -OCH3 is 1. The van der Waals surface area contributed by atoms with Crippen molar-refractivity contribution in [1.82, 2.24) is 4.90 Å². The Balaban J connectivity index is 1.33. The molecule has 6 nitrogen and oxygen atoms in total. The zero-order valence-corrected chi connectivity index (χ0v) is 27.9. The minimum absolute atomic E-state index is 0.0839. The molecule has 0 radical (unpaired) electrons. The number of alkyl halides is 3. The third-order valence-corrected chi connectivity index (χ3v) is 10.4. The standard InChI is InChI=1S/C37H42ClF3N2O4/c1-22(2)47-33-20-31-24(16-32(33)46-4)17-34(44)43(35(31)23-6-5-7-27(38)11-8-23)28-12-9-25(10-13-28)36(3,45)26-18-29-14-15-30(19-26)42(29)21-37(39,40)41/h5,7-13,16,20,22,26,29-30,35,45H,6,14-15,17-19,21H2,1-4H3. The van der Waals surface area contributed by atoms with Crippen molar-refractivity contribution in [1.29, 1.82) is 0 Å². The van der Waals surface area contributed by atoms with Crippen LogP contribution in [-0.2, 0) is 16.8 Å². The Morgan fingerprint density at radius 2 is 1.72 bits per heavy atom. The van der Waals surface area contributed by atoms with E-state index in [0.29, 0.717) is 59.9 Å². The van der Waals surface area contributed by atoms with Crippen LogP contribution < -0.4 is 14.4 Å². The number of halogens is 4. The van der Waals surface area contributed by atoms with Gasteiger partial charge in [-0.25, -0.2) is 0 Å². The Hall–Kier alpha value is -3.27. The van der Waals surface area contributed by atoms with Crippen molar-refractivity contribution in [2.75, 3.05) is 18.6 Å². The molecule has 1 N–H and O–H groups in total. The van der Waals surface area contributed by atoms with Gasteiger partial charge in [-0.1, -0.05) is 35.9 Å². The van der Waals surface area contributed by atoms with Gasteiger partial charge in [0.2, 0.25) is 5.91 Å². The molecule has 1 aliphatic carbocycles. The molecule has 0 saturated carbocycles. The van der Waals surface area contributed by atoms with E-state index in [1.807, 2.05) is 74.5 Å². The smallest absolute Gasteiger partial charge is 0.401 e. The summed E-state index contributed by atoms with van der Waals surface area (Å²) in [6, 6.07) is 10.4. The van der Waals surface area contributed by atoms with Gasteiger partial charge in [0, 0.05) is 22.8 Å². The SMILES string of the molecule is COc1cc2c(cc1OC(C)C)C(C1=CC=C(Cl)C=CC1)N(c1ccc(C(C)(O)C3CC4CCC(C3)N4CC(F)(F)F)cc1)C(=O)C2. The molecule has 10 heteroatoms. The van der Waals surface area contributed by atoms with Crippen molar-refractivity contribution in [3.63, 3.8) is 0 Å². The number of allylic oxidation sites excluding steroid dienone is 5. The maximum absolute atomic E-state index is 14.0. The number of benzene rings is 2.